The van der Waals surface area contributed by atoms with Gasteiger partial charge in [0.15, 0.2) is 0 Å². The van der Waals surface area contributed by atoms with E-state index in [4.69, 9.17) is 14.5 Å². The first-order valence-electron chi connectivity index (χ1n) is 13.6. The molecule has 0 N–H and O–H groups in total. The van der Waals surface area contributed by atoms with Gasteiger partial charge in [-0.05, 0) is 70.1 Å². The summed E-state index contributed by atoms with van der Waals surface area (Å²) in [5, 5.41) is 0. The number of benzene rings is 3. The molecule has 2 atom stereocenters. The third-order valence-corrected chi connectivity index (χ3v) is 8.25. The van der Waals surface area contributed by atoms with E-state index in [2.05, 4.69) is 94.4 Å². The van der Waals surface area contributed by atoms with Gasteiger partial charge < -0.3 is 14.5 Å². The van der Waals surface area contributed by atoms with Crippen molar-refractivity contribution in [2.45, 2.75) is 46.0 Å². The first-order chi connectivity index (χ1) is 18.1. The topological polar surface area (TPSA) is 31.4 Å². The van der Waals surface area contributed by atoms with Crippen molar-refractivity contribution in [2.24, 2.45) is 11.8 Å². The van der Waals surface area contributed by atoms with Gasteiger partial charge in [0, 0.05) is 31.7 Å². The number of rotatable bonds is 8. The zero-order valence-electron chi connectivity index (χ0n) is 22.5. The molecular formula is C34H34IrNO2-. The number of nitrogens with zero attached hydrogens (tertiary/aromatic N) is 1. The molecule has 0 saturated heterocycles. The average Bonchev–Trinajstić information content (AvgIpc) is 3.41. The summed E-state index contributed by atoms with van der Waals surface area (Å²) in [6.45, 7) is 10.3. The second-order valence-corrected chi connectivity index (χ2v) is 10.7. The van der Waals surface area contributed by atoms with Gasteiger partial charge in [0.05, 0.1) is 13.2 Å². The predicted molar refractivity (Wildman–Crippen MR) is 149 cm³/mol. The summed E-state index contributed by atoms with van der Waals surface area (Å²) in [5.41, 5.74) is 9.01. The second-order valence-electron chi connectivity index (χ2n) is 10.7. The van der Waals surface area contributed by atoms with Crippen LogP contribution in [0.1, 0.15) is 62.8 Å². The molecule has 0 amide bonds. The Labute approximate surface area is 240 Å². The fourth-order valence-electron chi connectivity index (χ4n) is 5.75. The summed E-state index contributed by atoms with van der Waals surface area (Å²) in [5.74, 6) is 2.85. The van der Waals surface area contributed by atoms with Gasteiger partial charge in [-0.1, -0.05) is 64.3 Å². The molecule has 2 aliphatic carbocycles. The number of ether oxygens (including phenoxy) is 2. The molecule has 3 nitrogen and oxygen atoms in total. The molecule has 3 aromatic carbocycles. The number of aromatic nitrogens is 1. The van der Waals surface area contributed by atoms with Crippen molar-refractivity contribution >= 4 is 0 Å². The molecule has 2 unspecified atom stereocenters. The van der Waals surface area contributed by atoms with E-state index in [-0.39, 0.29) is 20.1 Å². The van der Waals surface area contributed by atoms with Crippen molar-refractivity contribution in [1.82, 2.24) is 4.98 Å². The van der Waals surface area contributed by atoms with E-state index in [1.54, 1.807) is 0 Å². The Morgan fingerprint density at radius 1 is 0.763 bits per heavy atom. The number of hydrogen-bond donors (Lipinski definition) is 0. The molecule has 0 saturated carbocycles. The van der Waals surface area contributed by atoms with E-state index in [1.165, 1.54) is 33.4 Å². The van der Waals surface area contributed by atoms with Gasteiger partial charge in [-0.15, -0.1) is 35.4 Å². The second kappa shape index (κ2) is 10.7. The van der Waals surface area contributed by atoms with Crippen molar-refractivity contribution in [3.05, 3.63) is 101 Å². The molecule has 1 radical (unpaired) electrons. The third-order valence-electron chi connectivity index (χ3n) is 8.25. The molecule has 0 fully saturated rings. The molecule has 0 aliphatic heterocycles. The van der Waals surface area contributed by atoms with Crippen molar-refractivity contribution in [3.8, 4) is 33.9 Å². The molecule has 1 heterocycles. The number of hydrogen-bond acceptors (Lipinski definition) is 3. The van der Waals surface area contributed by atoms with Crippen LogP contribution in [0.4, 0.5) is 0 Å². The quantitative estimate of drug-likeness (QED) is 0.153. The van der Waals surface area contributed by atoms with E-state index in [9.17, 15) is 0 Å². The Balaban J connectivity index is 0.00000294. The monoisotopic (exact) mass is 681 g/mol. The van der Waals surface area contributed by atoms with E-state index in [0.717, 1.165) is 35.6 Å². The summed E-state index contributed by atoms with van der Waals surface area (Å²) in [4.78, 5) is 4.86. The standard InChI is InChI=1S/C34H34NO2.Ir/c1-5-22(3)20-36-24-13-15-26-27-16-14-25(37-21-23(4)6-2)19-32(27)34(31(26)18-24)29-11-8-7-10-28(29)33-30(34)12-9-17-35-33;/h7-9,11-19,22-23H,5-6,20-21H2,1-4H3;/q-1;. The maximum absolute atomic E-state index is 6.31. The van der Waals surface area contributed by atoms with E-state index >= 15 is 0 Å². The van der Waals surface area contributed by atoms with E-state index in [0.29, 0.717) is 25.0 Å². The van der Waals surface area contributed by atoms with Gasteiger partial charge >= 0.3 is 0 Å². The molecule has 0 bridgehead atoms. The molecule has 6 rings (SSSR count). The minimum Gasteiger partial charge on any atom is -0.493 e. The molecule has 4 aromatic rings. The molecular weight excluding hydrogens is 647 g/mol. The van der Waals surface area contributed by atoms with Crippen LogP contribution in [0.3, 0.4) is 0 Å². The van der Waals surface area contributed by atoms with Crippen LogP contribution in [0.2, 0.25) is 0 Å². The Hall–Kier alpha value is -2.94. The van der Waals surface area contributed by atoms with Crippen LogP contribution in [0, 0.1) is 17.9 Å². The van der Waals surface area contributed by atoms with E-state index in [1.807, 2.05) is 12.3 Å². The molecule has 197 valence electrons. The molecule has 1 aromatic heterocycles. The number of fused-ring (bicyclic) bond motifs is 10. The minimum absolute atomic E-state index is 0. The first kappa shape index (κ1) is 26.7. The molecule has 38 heavy (non-hydrogen) atoms. The van der Waals surface area contributed by atoms with Gasteiger partial charge in [0.1, 0.15) is 11.5 Å². The Morgan fingerprint density at radius 2 is 1.34 bits per heavy atom. The zero-order valence-corrected chi connectivity index (χ0v) is 24.9. The third kappa shape index (κ3) is 4.10. The van der Waals surface area contributed by atoms with Crippen LogP contribution in [0.25, 0.3) is 22.4 Å². The fourth-order valence-corrected chi connectivity index (χ4v) is 5.75. The van der Waals surface area contributed by atoms with Gasteiger partial charge in [-0.3, -0.25) is 0 Å². The van der Waals surface area contributed by atoms with Crippen LogP contribution < -0.4 is 9.47 Å². The van der Waals surface area contributed by atoms with Gasteiger partial charge in [-0.25, -0.2) is 0 Å². The van der Waals surface area contributed by atoms with Gasteiger partial charge in [0.2, 0.25) is 0 Å². The smallest absolute Gasteiger partial charge is 0.119 e. The normalized spacial score (nSPS) is 17.6. The Bertz CT molecular complexity index is 1350. The van der Waals surface area contributed by atoms with Crippen molar-refractivity contribution in [3.63, 3.8) is 0 Å². The molecule has 2 aliphatic rings. The first-order valence-corrected chi connectivity index (χ1v) is 13.6. The average molecular weight is 681 g/mol. The zero-order chi connectivity index (χ0) is 25.6. The van der Waals surface area contributed by atoms with Crippen LogP contribution in [0.15, 0.2) is 72.9 Å². The van der Waals surface area contributed by atoms with Gasteiger partial charge in [0.25, 0.3) is 0 Å². The SMILES string of the molecule is CCC(C)COc1ccc2c(c1)C1(c3ccc[c-]c3-c3ncccc31)c1cc(OCC(C)CC)ccc1-2.[Ir]. The summed E-state index contributed by atoms with van der Waals surface area (Å²) in [6, 6.07) is 27.3. The van der Waals surface area contributed by atoms with Crippen LogP contribution in [0.5, 0.6) is 11.5 Å². The summed E-state index contributed by atoms with van der Waals surface area (Å²) in [6.07, 6.45) is 4.08. The van der Waals surface area contributed by atoms with Crippen molar-refractivity contribution in [2.75, 3.05) is 13.2 Å². The molecule has 1 spiro atoms. The predicted octanol–water partition coefficient (Wildman–Crippen LogP) is 8.07. The fraction of sp³-hybridized carbons (Fsp3) is 0.324. The van der Waals surface area contributed by atoms with Gasteiger partial charge in [-0.2, -0.15) is 0 Å². The Morgan fingerprint density at radius 3 is 1.92 bits per heavy atom. The summed E-state index contributed by atoms with van der Waals surface area (Å²) in [7, 11) is 0. The maximum atomic E-state index is 6.31. The van der Waals surface area contributed by atoms with Crippen LogP contribution in [-0.4, -0.2) is 18.2 Å². The maximum Gasteiger partial charge on any atom is 0.119 e. The minimum atomic E-state index is -0.479. The van der Waals surface area contributed by atoms with Crippen molar-refractivity contribution in [1.29, 1.82) is 0 Å². The van der Waals surface area contributed by atoms with Crippen molar-refractivity contribution < 1.29 is 29.6 Å². The largest absolute Gasteiger partial charge is 0.493 e. The van der Waals surface area contributed by atoms with E-state index < -0.39 is 5.41 Å². The van der Waals surface area contributed by atoms with Crippen LogP contribution >= 0.6 is 0 Å². The Kier molecular flexibility index (Phi) is 7.49. The number of pyridine rings is 1. The molecule has 4 heteroatoms. The summed E-state index contributed by atoms with van der Waals surface area (Å²) >= 11 is 0. The van der Waals surface area contributed by atoms with Crippen LogP contribution in [-0.2, 0) is 25.5 Å². The summed E-state index contributed by atoms with van der Waals surface area (Å²) < 4.78 is 12.6.